The lowest BCUT2D eigenvalue weighted by atomic mass is 10.0. The van der Waals surface area contributed by atoms with E-state index in [0.29, 0.717) is 0 Å². The van der Waals surface area contributed by atoms with Crippen LogP contribution in [0.2, 0.25) is 0 Å². The van der Waals surface area contributed by atoms with Crippen molar-refractivity contribution < 1.29 is 0 Å². The maximum absolute atomic E-state index is 2.56. The molecule has 230 valence electrons. The van der Waals surface area contributed by atoms with Gasteiger partial charge in [-0.15, -0.1) is 0 Å². The van der Waals surface area contributed by atoms with Crippen LogP contribution in [0.5, 0.6) is 0 Å². The molecule has 0 atom stereocenters. The van der Waals surface area contributed by atoms with Gasteiger partial charge in [0.2, 0.25) is 0 Å². The maximum Gasteiger partial charge on any atom is 0.0237 e. The predicted octanol–water partition coefficient (Wildman–Crippen LogP) is 9.84. The molecule has 0 unspecified atom stereocenters. The molecule has 0 aliphatic carbocycles. The molecule has 0 saturated carbocycles. The molecule has 0 bridgehead atoms. The predicted molar refractivity (Wildman–Crippen MR) is 193 cm³/mol. The monoisotopic (exact) mass is 600 g/mol. The summed E-state index contributed by atoms with van der Waals surface area (Å²) in [5, 5.41) is 0. The van der Waals surface area contributed by atoms with Crippen molar-refractivity contribution in [2.45, 2.75) is 39.0 Å². The third-order valence-corrected chi connectivity index (χ3v) is 8.67. The molecule has 0 heterocycles. The van der Waals surface area contributed by atoms with E-state index < -0.39 is 0 Å². The summed E-state index contributed by atoms with van der Waals surface area (Å²) in [6.45, 7) is 5.80. The van der Waals surface area contributed by atoms with E-state index >= 15 is 0 Å². The number of hydrogen-bond acceptors (Lipinski definition) is 2. The lowest BCUT2D eigenvalue weighted by molar-refractivity contribution is 0.260. The van der Waals surface area contributed by atoms with Crippen LogP contribution >= 0.6 is 0 Å². The van der Waals surface area contributed by atoms with Gasteiger partial charge >= 0.3 is 0 Å². The zero-order valence-electron chi connectivity index (χ0n) is 26.7. The van der Waals surface area contributed by atoms with Crippen LogP contribution in [-0.4, -0.2) is 22.9 Å². The highest BCUT2D eigenvalue weighted by atomic mass is 15.1. The van der Waals surface area contributed by atoms with Gasteiger partial charge in [-0.25, -0.2) is 0 Å². The van der Waals surface area contributed by atoms with E-state index in [1.807, 2.05) is 0 Å². The van der Waals surface area contributed by atoms with Crippen molar-refractivity contribution in [3.8, 4) is 11.1 Å². The van der Waals surface area contributed by atoms with Crippen molar-refractivity contribution in [1.82, 2.24) is 9.80 Å². The van der Waals surface area contributed by atoms with E-state index in [1.165, 1.54) is 44.5 Å². The first-order valence-corrected chi connectivity index (χ1v) is 16.6. The highest BCUT2D eigenvalue weighted by Gasteiger charge is 2.11. The Labute approximate surface area is 275 Å². The van der Waals surface area contributed by atoms with Gasteiger partial charge < -0.3 is 0 Å². The van der Waals surface area contributed by atoms with Gasteiger partial charge in [0.25, 0.3) is 0 Å². The molecule has 2 nitrogen and oxygen atoms in total. The van der Waals surface area contributed by atoms with Gasteiger partial charge in [-0.2, -0.15) is 0 Å². The van der Waals surface area contributed by atoms with Gasteiger partial charge in [-0.1, -0.05) is 170 Å². The lowest BCUT2D eigenvalue weighted by Crippen LogP contribution is -2.25. The Kier molecular flexibility index (Phi) is 11.2. The average molecular weight is 601 g/mol. The highest BCUT2D eigenvalue weighted by molar-refractivity contribution is 5.64. The molecule has 0 aliphatic heterocycles. The topological polar surface area (TPSA) is 6.48 Å². The summed E-state index contributed by atoms with van der Waals surface area (Å²) in [6, 6.07) is 61.6. The van der Waals surface area contributed by atoms with Crippen molar-refractivity contribution in [2.24, 2.45) is 0 Å². The standard InChI is InChI=1S/C44H44N2/c1-5-13-37(14-6-1)29-31-45(33-39-17-9-3-10-18-39)35-41-21-25-43(26-22-41)44-27-23-42(24-28-44)36-46(34-40-19-11-4-12-20-40)32-30-38-15-7-2-8-16-38/h1-28H,29-36H2. The van der Waals surface area contributed by atoms with E-state index in [1.54, 1.807) is 0 Å². The summed E-state index contributed by atoms with van der Waals surface area (Å²) < 4.78 is 0. The van der Waals surface area contributed by atoms with E-state index in [4.69, 9.17) is 0 Å². The van der Waals surface area contributed by atoms with Crippen LogP contribution in [0.25, 0.3) is 11.1 Å². The Bertz CT molecular complexity index is 1570. The Morgan fingerprint density at radius 2 is 0.522 bits per heavy atom. The van der Waals surface area contributed by atoms with E-state index in [-0.39, 0.29) is 0 Å². The Morgan fingerprint density at radius 1 is 0.261 bits per heavy atom. The third-order valence-electron chi connectivity index (χ3n) is 8.67. The SMILES string of the molecule is c1ccc(CCN(Cc2ccccc2)Cc2ccc(-c3ccc(CN(CCc4ccccc4)Cc4ccccc4)cc3)cc2)cc1. The lowest BCUT2D eigenvalue weighted by Gasteiger charge is -2.23. The molecule has 0 saturated heterocycles. The fraction of sp³-hybridized carbons (Fsp3) is 0.182. The van der Waals surface area contributed by atoms with Crippen LogP contribution in [0.3, 0.4) is 0 Å². The van der Waals surface area contributed by atoms with Gasteiger partial charge in [0, 0.05) is 39.3 Å². The van der Waals surface area contributed by atoms with E-state index in [9.17, 15) is 0 Å². The van der Waals surface area contributed by atoms with E-state index in [0.717, 1.165) is 52.1 Å². The minimum absolute atomic E-state index is 0.932. The molecule has 0 spiro atoms. The van der Waals surface area contributed by atoms with Crippen LogP contribution in [0.15, 0.2) is 170 Å². The molecular formula is C44H44N2. The minimum atomic E-state index is 0.932. The summed E-state index contributed by atoms with van der Waals surface area (Å²) in [6.07, 6.45) is 2.10. The molecule has 46 heavy (non-hydrogen) atoms. The summed E-state index contributed by atoms with van der Waals surface area (Å²) in [4.78, 5) is 5.12. The largest absolute Gasteiger partial charge is 0.295 e. The van der Waals surface area contributed by atoms with Gasteiger partial charge in [-0.3, -0.25) is 9.80 Å². The number of rotatable bonds is 15. The third kappa shape index (κ3) is 9.62. The number of nitrogens with zero attached hydrogens (tertiary/aromatic N) is 2. The fourth-order valence-electron chi connectivity index (χ4n) is 6.10. The summed E-state index contributed by atoms with van der Waals surface area (Å²) in [5.74, 6) is 0. The first-order chi connectivity index (χ1) is 22.8. The average Bonchev–Trinajstić information content (AvgIpc) is 3.12. The van der Waals surface area contributed by atoms with Crippen molar-refractivity contribution in [3.05, 3.63) is 203 Å². The molecule has 0 amide bonds. The summed E-state index contributed by atoms with van der Waals surface area (Å²) in [5.41, 5.74) is 10.7. The second-order valence-electron chi connectivity index (χ2n) is 12.3. The molecule has 6 aromatic carbocycles. The van der Waals surface area contributed by atoms with Gasteiger partial charge in [0.15, 0.2) is 0 Å². The zero-order valence-corrected chi connectivity index (χ0v) is 26.7. The van der Waals surface area contributed by atoms with Crippen molar-refractivity contribution in [2.75, 3.05) is 13.1 Å². The van der Waals surface area contributed by atoms with Gasteiger partial charge in [-0.05, 0) is 57.3 Å². The normalized spacial score (nSPS) is 11.3. The minimum Gasteiger partial charge on any atom is -0.295 e. The number of benzene rings is 6. The summed E-state index contributed by atoms with van der Waals surface area (Å²) in [7, 11) is 0. The Morgan fingerprint density at radius 3 is 0.826 bits per heavy atom. The van der Waals surface area contributed by atoms with Crippen molar-refractivity contribution >= 4 is 0 Å². The second kappa shape index (κ2) is 16.5. The Hall–Kier alpha value is -4.76. The van der Waals surface area contributed by atoms with Crippen LogP contribution in [0.1, 0.15) is 33.4 Å². The molecule has 0 N–H and O–H groups in total. The molecule has 0 aliphatic rings. The first-order valence-electron chi connectivity index (χ1n) is 16.6. The molecule has 0 aromatic heterocycles. The summed E-state index contributed by atoms with van der Waals surface area (Å²) >= 11 is 0. The maximum atomic E-state index is 2.56. The first kappa shape index (κ1) is 31.2. The highest BCUT2D eigenvalue weighted by Crippen LogP contribution is 2.23. The molecule has 2 heteroatoms. The van der Waals surface area contributed by atoms with Crippen molar-refractivity contribution in [3.63, 3.8) is 0 Å². The number of hydrogen-bond donors (Lipinski definition) is 0. The zero-order chi connectivity index (χ0) is 31.2. The molecule has 0 fully saturated rings. The molecule has 0 radical (unpaired) electrons. The van der Waals surface area contributed by atoms with Crippen LogP contribution < -0.4 is 0 Å². The van der Waals surface area contributed by atoms with Crippen LogP contribution in [0.4, 0.5) is 0 Å². The molecule has 6 rings (SSSR count). The molecular weight excluding hydrogens is 556 g/mol. The van der Waals surface area contributed by atoms with Crippen molar-refractivity contribution in [1.29, 1.82) is 0 Å². The molecule has 6 aromatic rings. The Balaban J connectivity index is 1.09. The second-order valence-corrected chi connectivity index (χ2v) is 12.3. The quantitative estimate of drug-likeness (QED) is 0.116. The van der Waals surface area contributed by atoms with E-state index in [2.05, 4.69) is 180 Å². The fourth-order valence-corrected chi connectivity index (χ4v) is 6.10. The van der Waals surface area contributed by atoms with Crippen LogP contribution in [0, 0.1) is 0 Å². The smallest absolute Gasteiger partial charge is 0.0237 e. The van der Waals surface area contributed by atoms with Gasteiger partial charge in [0.1, 0.15) is 0 Å². The van der Waals surface area contributed by atoms with Crippen LogP contribution in [-0.2, 0) is 39.0 Å². The van der Waals surface area contributed by atoms with Gasteiger partial charge in [0.05, 0.1) is 0 Å².